The van der Waals surface area contributed by atoms with Gasteiger partial charge in [0.15, 0.2) is 0 Å². The first-order valence-corrected chi connectivity index (χ1v) is 5.46. The van der Waals surface area contributed by atoms with Crippen LogP contribution in [-0.2, 0) is 0 Å². The molecule has 0 aliphatic rings. The Labute approximate surface area is 88.6 Å². The maximum absolute atomic E-state index is 8.85. The van der Waals surface area contributed by atoms with Gasteiger partial charge in [0.1, 0.15) is 5.82 Å². The first-order valence-electron chi connectivity index (χ1n) is 4.68. The molecule has 0 saturated carbocycles. The molecule has 0 amide bonds. The van der Waals surface area contributed by atoms with E-state index < -0.39 is 0 Å². The van der Waals surface area contributed by atoms with Crippen LogP contribution < -0.4 is 5.32 Å². The van der Waals surface area contributed by atoms with Gasteiger partial charge in [-0.2, -0.15) is 4.37 Å². The van der Waals surface area contributed by atoms with Gasteiger partial charge in [-0.15, -0.1) is 0 Å². The summed E-state index contributed by atoms with van der Waals surface area (Å²) in [6.45, 7) is 7.14. The van der Waals surface area contributed by atoms with E-state index in [2.05, 4.69) is 28.5 Å². The molecule has 0 aliphatic carbocycles. The van der Waals surface area contributed by atoms with Crippen LogP contribution in [0, 0.1) is 12.3 Å². The predicted molar refractivity (Wildman–Crippen MR) is 58.6 cm³/mol. The second-order valence-corrected chi connectivity index (χ2v) is 4.89. The molecular weight excluding hydrogens is 198 g/mol. The van der Waals surface area contributed by atoms with Gasteiger partial charge >= 0.3 is 0 Å². The van der Waals surface area contributed by atoms with Crippen molar-refractivity contribution in [3.05, 3.63) is 5.82 Å². The Morgan fingerprint density at radius 1 is 1.50 bits per heavy atom. The third-order valence-electron chi connectivity index (χ3n) is 2.03. The van der Waals surface area contributed by atoms with Gasteiger partial charge in [-0.05, 0) is 18.8 Å². The maximum atomic E-state index is 8.85. The molecule has 1 heterocycles. The van der Waals surface area contributed by atoms with Crippen LogP contribution in [0.5, 0.6) is 0 Å². The molecule has 1 rings (SSSR count). The average molecular weight is 215 g/mol. The van der Waals surface area contributed by atoms with Crippen molar-refractivity contribution in [2.75, 3.05) is 18.5 Å². The molecule has 1 aromatic rings. The minimum atomic E-state index is 0.0916. The molecular formula is C9H17N3OS. The lowest BCUT2D eigenvalue weighted by Gasteiger charge is -2.23. The van der Waals surface area contributed by atoms with E-state index in [0.717, 1.165) is 23.9 Å². The predicted octanol–water partition coefficient (Wildman–Crippen LogP) is 1.67. The topological polar surface area (TPSA) is 58.0 Å². The van der Waals surface area contributed by atoms with Gasteiger partial charge in [0, 0.05) is 24.7 Å². The Morgan fingerprint density at radius 3 is 2.71 bits per heavy atom. The number of aliphatic hydroxyl groups excluding tert-OH is 1. The lowest BCUT2D eigenvalue weighted by Crippen LogP contribution is -2.24. The highest BCUT2D eigenvalue weighted by atomic mass is 32.1. The summed E-state index contributed by atoms with van der Waals surface area (Å²) in [6.07, 6.45) is 0.789. The van der Waals surface area contributed by atoms with Crippen LogP contribution >= 0.6 is 11.5 Å². The molecule has 0 fully saturated rings. The molecule has 0 radical (unpaired) electrons. The van der Waals surface area contributed by atoms with Crippen LogP contribution in [0.1, 0.15) is 26.1 Å². The fourth-order valence-corrected chi connectivity index (χ4v) is 1.64. The first-order chi connectivity index (χ1) is 6.53. The minimum Gasteiger partial charge on any atom is -0.396 e. The number of hydrogen-bond donors (Lipinski definition) is 2. The number of nitrogens with zero attached hydrogens (tertiary/aromatic N) is 2. The maximum Gasteiger partial charge on any atom is 0.202 e. The lowest BCUT2D eigenvalue weighted by atomic mass is 9.90. The number of aromatic nitrogens is 2. The largest absolute Gasteiger partial charge is 0.396 e. The quantitative estimate of drug-likeness (QED) is 0.784. The molecule has 0 aliphatic heterocycles. The molecule has 5 heteroatoms. The number of nitrogens with one attached hydrogen (secondary N) is 1. The van der Waals surface area contributed by atoms with Gasteiger partial charge in [0.25, 0.3) is 0 Å². The van der Waals surface area contributed by atoms with E-state index in [1.165, 1.54) is 11.5 Å². The van der Waals surface area contributed by atoms with E-state index in [0.29, 0.717) is 0 Å². The van der Waals surface area contributed by atoms with Crippen molar-refractivity contribution in [2.24, 2.45) is 5.41 Å². The minimum absolute atomic E-state index is 0.0916. The first kappa shape index (κ1) is 11.4. The van der Waals surface area contributed by atoms with E-state index in [9.17, 15) is 0 Å². The third-order valence-corrected chi connectivity index (χ3v) is 2.80. The van der Waals surface area contributed by atoms with Gasteiger partial charge in [-0.1, -0.05) is 13.8 Å². The van der Waals surface area contributed by atoms with Crippen LogP contribution in [0.3, 0.4) is 0 Å². The second-order valence-electron chi connectivity index (χ2n) is 4.14. The number of hydrogen-bond acceptors (Lipinski definition) is 5. The van der Waals surface area contributed by atoms with Crippen LogP contribution in [-0.4, -0.2) is 27.6 Å². The highest BCUT2D eigenvalue weighted by Crippen LogP contribution is 2.21. The zero-order chi connectivity index (χ0) is 10.6. The van der Waals surface area contributed by atoms with Crippen molar-refractivity contribution in [1.82, 2.24) is 9.36 Å². The van der Waals surface area contributed by atoms with E-state index in [-0.39, 0.29) is 12.0 Å². The highest BCUT2D eigenvalue weighted by Gasteiger charge is 2.17. The van der Waals surface area contributed by atoms with Crippen molar-refractivity contribution in [1.29, 1.82) is 0 Å². The van der Waals surface area contributed by atoms with Crippen molar-refractivity contribution in [3.8, 4) is 0 Å². The molecule has 14 heavy (non-hydrogen) atoms. The molecule has 0 bridgehead atoms. The van der Waals surface area contributed by atoms with E-state index in [1.54, 1.807) is 0 Å². The summed E-state index contributed by atoms with van der Waals surface area (Å²) in [5.41, 5.74) is 0.0916. The smallest absolute Gasteiger partial charge is 0.202 e. The molecule has 80 valence electrons. The monoisotopic (exact) mass is 215 g/mol. The number of aliphatic hydroxyl groups is 1. The Hall–Kier alpha value is -0.680. The lowest BCUT2D eigenvalue weighted by molar-refractivity contribution is 0.220. The fraction of sp³-hybridized carbons (Fsp3) is 0.778. The Balaban J connectivity index is 2.40. The Kier molecular flexibility index (Phi) is 3.83. The fourth-order valence-electron chi connectivity index (χ4n) is 1.07. The summed E-state index contributed by atoms with van der Waals surface area (Å²) in [7, 11) is 0. The molecule has 0 unspecified atom stereocenters. The van der Waals surface area contributed by atoms with Crippen LogP contribution in [0.4, 0.5) is 5.13 Å². The molecule has 1 aromatic heterocycles. The zero-order valence-electron chi connectivity index (χ0n) is 8.87. The summed E-state index contributed by atoms with van der Waals surface area (Å²) in [5, 5.41) is 12.9. The van der Waals surface area contributed by atoms with Gasteiger partial charge in [-0.3, -0.25) is 0 Å². The van der Waals surface area contributed by atoms with Crippen molar-refractivity contribution in [2.45, 2.75) is 27.2 Å². The van der Waals surface area contributed by atoms with Gasteiger partial charge < -0.3 is 10.4 Å². The molecule has 2 N–H and O–H groups in total. The molecule has 0 saturated heterocycles. The van der Waals surface area contributed by atoms with Crippen molar-refractivity contribution in [3.63, 3.8) is 0 Å². The third kappa shape index (κ3) is 3.59. The van der Waals surface area contributed by atoms with Crippen LogP contribution in [0.25, 0.3) is 0 Å². The van der Waals surface area contributed by atoms with E-state index >= 15 is 0 Å². The molecule has 0 aromatic carbocycles. The standard InChI is InChI=1S/C9H17N3OS/c1-7-11-8(14-12-7)10-6-9(2,3)4-5-13/h13H,4-6H2,1-3H3,(H,10,11,12). The van der Waals surface area contributed by atoms with E-state index in [1.807, 2.05) is 6.92 Å². The Bertz CT molecular complexity index is 285. The molecule has 0 atom stereocenters. The summed E-state index contributed by atoms with van der Waals surface area (Å²) < 4.78 is 4.08. The number of anilines is 1. The van der Waals surface area contributed by atoms with Gasteiger partial charge in [-0.25, -0.2) is 4.98 Å². The van der Waals surface area contributed by atoms with Crippen LogP contribution in [0.15, 0.2) is 0 Å². The zero-order valence-corrected chi connectivity index (χ0v) is 9.69. The van der Waals surface area contributed by atoms with Crippen molar-refractivity contribution < 1.29 is 5.11 Å². The summed E-state index contributed by atoms with van der Waals surface area (Å²) >= 11 is 1.37. The number of aryl methyl sites for hydroxylation is 1. The average Bonchev–Trinajstić information content (AvgIpc) is 2.48. The van der Waals surface area contributed by atoms with Gasteiger partial charge in [0.2, 0.25) is 5.13 Å². The van der Waals surface area contributed by atoms with Crippen LogP contribution in [0.2, 0.25) is 0 Å². The highest BCUT2D eigenvalue weighted by molar-refractivity contribution is 7.09. The summed E-state index contributed by atoms with van der Waals surface area (Å²) in [6, 6.07) is 0. The number of rotatable bonds is 5. The second kappa shape index (κ2) is 4.70. The summed E-state index contributed by atoms with van der Waals surface area (Å²) in [5.74, 6) is 0.803. The SMILES string of the molecule is Cc1nsc(NCC(C)(C)CCO)n1. The molecule has 0 spiro atoms. The summed E-state index contributed by atoms with van der Waals surface area (Å²) in [4.78, 5) is 4.21. The van der Waals surface area contributed by atoms with Gasteiger partial charge in [0.05, 0.1) is 0 Å². The normalized spacial score (nSPS) is 11.7. The molecule has 4 nitrogen and oxygen atoms in total. The van der Waals surface area contributed by atoms with E-state index in [4.69, 9.17) is 5.11 Å². The van der Waals surface area contributed by atoms with Crippen molar-refractivity contribution >= 4 is 16.7 Å². The Morgan fingerprint density at radius 2 is 2.21 bits per heavy atom.